The summed E-state index contributed by atoms with van der Waals surface area (Å²) in [5.74, 6) is 0.570. The molecule has 2 nitrogen and oxygen atoms in total. The first-order valence-electron chi connectivity index (χ1n) is 7.10. The second-order valence-corrected chi connectivity index (χ2v) is 6.20. The molecule has 0 radical (unpaired) electrons. The van der Waals surface area contributed by atoms with Gasteiger partial charge in [0.25, 0.3) is 0 Å². The van der Waals surface area contributed by atoms with Crippen LogP contribution in [-0.2, 0) is 5.60 Å². The summed E-state index contributed by atoms with van der Waals surface area (Å²) in [7, 11) is 0. The van der Waals surface area contributed by atoms with E-state index in [2.05, 4.69) is 11.8 Å². The van der Waals surface area contributed by atoms with Gasteiger partial charge >= 0.3 is 0 Å². The van der Waals surface area contributed by atoms with Crippen LogP contribution in [0, 0.1) is 18.7 Å². The average molecular weight is 265 g/mol. The van der Waals surface area contributed by atoms with Crippen LogP contribution in [-0.4, -0.2) is 29.6 Å². The van der Waals surface area contributed by atoms with Crippen molar-refractivity contribution in [3.8, 4) is 0 Å². The lowest BCUT2D eigenvalue weighted by atomic mass is 9.92. The summed E-state index contributed by atoms with van der Waals surface area (Å²) in [6, 6.07) is 4.88. The van der Waals surface area contributed by atoms with Gasteiger partial charge < -0.3 is 10.0 Å². The Morgan fingerprint density at radius 2 is 2.00 bits per heavy atom. The van der Waals surface area contributed by atoms with Gasteiger partial charge in [-0.25, -0.2) is 4.39 Å². The Kier molecular flexibility index (Phi) is 4.26. The van der Waals surface area contributed by atoms with Gasteiger partial charge in [-0.15, -0.1) is 0 Å². The predicted molar refractivity (Wildman–Crippen MR) is 75.5 cm³/mol. The summed E-state index contributed by atoms with van der Waals surface area (Å²) in [4.78, 5) is 2.30. The number of benzene rings is 1. The molecule has 0 spiro atoms. The van der Waals surface area contributed by atoms with Crippen LogP contribution in [0.15, 0.2) is 18.2 Å². The number of hydrogen-bond donors (Lipinski definition) is 1. The van der Waals surface area contributed by atoms with Crippen molar-refractivity contribution in [2.24, 2.45) is 5.92 Å². The van der Waals surface area contributed by atoms with Gasteiger partial charge in [0, 0.05) is 6.54 Å². The first kappa shape index (κ1) is 14.5. The number of nitrogens with zero attached hydrogens (tertiary/aromatic N) is 1. The fraction of sp³-hybridized carbons (Fsp3) is 0.625. The third-order valence-electron chi connectivity index (χ3n) is 4.19. The number of rotatable bonds is 3. The molecule has 3 heteroatoms. The Hall–Kier alpha value is -0.930. The number of aryl methyl sites for hydroxylation is 1. The third kappa shape index (κ3) is 3.54. The van der Waals surface area contributed by atoms with Gasteiger partial charge in [-0.3, -0.25) is 0 Å². The molecular weight excluding hydrogens is 241 g/mol. The highest BCUT2D eigenvalue weighted by Gasteiger charge is 2.28. The van der Waals surface area contributed by atoms with Crippen LogP contribution in [0.1, 0.15) is 37.8 Å². The fourth-order valence-electron chi connectivity index (χ4n) is 2.73. The van der Waals surface area contributed by atoms with E-state index in [1.807, 2.05) is 6.92 Å². The summed E-state index contributed by atoms with van der Waals surface area (Å²) in [6.07, 6.45) is 2.39. The van der Waals surface area contributed by atoms with Crippen LogP contribution in [0.25, 0.3) is 0 Å². The SMILES string of the molecule is Cc1cc(C(C)(O)CN2CCC(C)CC2)ccc1F. The molecule has 1 unspecified atom stereocenters. The molecule has 0 amide bonds. The molecule has 0 bridgehead atoms. The van der Waals surface area contributed by atoms with E-state index in [0.29, 0.717) is 12.1 Å². The second kappa shape index (κ2) is 5.59. The quantitative estimate of drug-likeness (QED) is 0.908. The molecule has 0 aliphatic carbocycles. The summed E-state index contributed by atoms with van der Waals surface area (Å²) in [5, 5.41) is 10.7. The molecule has 1 aliphatic rings. The third-order valence-corrected chi connectivity index (χ3v) is 4.19. The molecule has 1 aliphatic heterocycles. The molecule has 1 aromatic carbocycles. The zero-order valence-corrected chi connectivity index (χ0v) is 12.1. The highest BCUT2D eigenvalue weighted by molar-refractivity contribution is 5.28. The number of hydrogen-bond acceptors (Lipinski definition) is 2. The van der Waals surface area contributed by atoms with Crippen molar-refractivity contribution >= 4 is 0 Å². The Morgan fingerprint density at radius 1 is 1.37 bits per heavy atom. The molecule has 1 fully saturated rings. The largest absolute Gasteiger partial charge is 0.384 e. The van der Waals surface area contributed by atoms with Gasteiger partial charge in [-0.2, -0.15) is 0 Å². The monoisotopic (exact) mass is 265 g/mol. The van der Waals surface area contributed by atoms with Crippen LogP contribution < -0.4 is 0 Å². The van der Waals surface area contributed by atoms with E-state index in [1.54, 1.807) is 19.1 Å². The van der Waals surface area contributed by atoms with Crippen molar-refractivity contribution in [1.82, 2.24) is 4.90 Å². The van der Waals surface area contributed by atoms with Crippen molar-refractivity contribution in [1.29, 1.82) is 0 Å². The van der Waals surface area contributed by atoms with E-state index >= 15 is 0 Å². The van der Waals surface area contributed by atoms with E-state index in [9.17, 15) is 9.50 Å². The van der Waals surface area contributed by atoms with Crippen molar-refractivity contribution in [2.75, 3.05) is 19.6 Å². The van der Waals surface area contributed by atoms with Gasteiger partial charge in [0.05, 0.1) is 5.60 Å². The predicted octanol–water partition coefficient (Wildman–Crippen LogP) is 3.07. The molecule has 1 saturated heterocycles. The molecule has 0 aromatic heterocycles. The minimum absolute atomic E-state index is 0.216. The first-order chi connectivity index (χ1) is 8.88. The van der Waals surface area contributed by atoms with E-state index < -0.39 is 5.60 Å². The molecule has 1 atom stereocenters. The second-order valence-electron chi connectivity index (χ2n) is 6.20. The number of aliphatic hydroxyl groups is 1. The van der Waals surface area contributed by atoms with Gasteiger partial charge in [0.15, 0.2) is 0 Å². The minimum Gasteiger partial charge on any atom is -0.384 e. The fourth-order valence-corrected chi connectivity index (χ4v) is 2.73. The average Bonchev–Trinajstić information content (AvgIpc) is 2.35. The molecule has 19 heavy (non-hydrogen) atoms. The Labute approximate surface area is 115 Å². The number of halogens is 1. The summed E-state index contributed by atoms with van der Waals surface area (Å²) < 4.78 is 13.3. The van der Waals surface area contributed by atoms with Crippen LogP contribution in [0.4, 0.5) is 4.39 Å². The zero-order chi connectivity index (χ0) is 14.0. The van der Waals surface area contributed by atoms with Gasteiger partial charge in [-0.1, -0.05) is 19.1 Å². The van der Waals surface area contributed by atoms with Crippen LogP contribution in [0.2, 0.25) is 0 Å². The maximum absolute atomic E-state index is 13.3. The van der Waals surface area contributed by atoms with Crippen molar-refractivity contribution in [2.45, 2.75) is 39.2 Å². The Bertz CT molecular complexity index is 436. The Balaban J connectivity index is 2.06. The maximum Gasteiger partial charge on any atom is 0.126 e. The van der Waals surface area contributed by atoms with Crippen molar-refractivity contribution in [3.05, 3.63) is 35.1 Å². The summed E-state index contributed by atoms with van der Waals surface area (Å²) in [5.41, 5.74) is 0.467. The lowest BCUT2D eigenvalue weighted by Gasteiger charge is -2.36. The summed E-state index contributed by atoms with van der Waals surface area (Å²) >= 11 is 0. The highest BCUT2D eigenvalue weighted by Crippen LogP contribution is 2.26. The molecule has 2 rings (SSSR count). The smallest absolute Gasteiger partial charge is 0.126 e. The van der Waals surface area contributed by atoms with Crippen molar-refractivity contribution < 1.29 is 9.50 Å². The lowest BCUT2D eigenvalue weighted by Crippen LogP contribution is -2.42. The lowest BCUT2D eigenvalue weighted by molar-refractivity contribution is 0.00647. The molecule has 1 aromatic rings. The number of piperidine rings is 1. The molecular formula is C16H24FNO. The van der Waals surface area contributed by atoms with Crippen LogP contribution >= 0.6 is 0 Å². The molecule has 106 valence electrons. The van der Waals surface area contributed by atoms with Gasteiger partial charge in [0.1, 0.15) is 5.82 Å². The number of β-amino-alcohol motifs (C(OH)–C–C–N with tert-alkyl or cyclic N) is 1. The topological polar surface area (TPSA) is 23.5 Å². The molecule has 0 saturated carbocycles. The van der Waals surface area contributed by atoms with E-state index in [1.165, 1.54) is 18.9 Å². The van der Waals surface area contributed by atoms with Crippen molar-refractivity contribution in [3.63, 3.8) is 0 Å². The van der Waals surface area contributed by atoms with E-state index in [0.717, 1.165) is 24.6 Å². The van der Waals surface area contributed by atoms with E-state index in [4.69, 9.17) is 0 Å². The first-order valence-corrected chi connectivity index (χ1v) is 7.10. The number of likely N-dealkylation sites (tertiary alicyclic amines) is 1. The highest BCUT2D eigenvalue weighted by atomic mass is 19.1. The molecule has 1 heterocycles. The van der Waals surface area contributed by atoms with Crippen LogP contribution in [0.3, 0.4) is 0 Å². The van der Waals surface area contributed by atoms with E-state index in [-0.39, 0.29) is 5.82 Å². The summed E-state index contributed by atoms with van der Waals surface area (Å²) in [6.45, 7) is 8.52. The van der Waals surface area contributed by atoms with Gasteiger partial charge in [0.2, 0.25) is 0 Å². The van der Waals surface area contributed by atoms with Gasteiger partial charge in [-0.05, 0) is 62.9 Å². The Morgan fingerprint density at radius 3 is 2.58 bits per heavy atom. The molecule has 1 N–H and O–H groups in total. The maximum atomic E-state index is 13.3. The van der Waals surface area contributed by atoms with Crippen LogP contribution in [0.5, 0.6) is 0 Å². The standard InChI is InChI=1S/C16H24FNO/c1-12-6-8-18(9-7-12)11-16(3,19)14-4-5-15(17)13(2)10-14/h4-5,10,12,19H,6-9,11H2,1-3H3. The zero-order valence-electron chi connectivity index (χ0n) is 12.1. The minimum atomic E-state index is -0.918. The normalized spacial score (nSPS) is 21.3.